The maximum atomic E-state index is 12.7. The molecule has 0 aliphatic heterocycles. The predicted molar refractivity (Wildman–Crippen MR) is 81.8 cm³/mol. The molecule has 0 spiro atoms. The lowest BCUT2D eigenvalue weighted by Crippen LogP contribution is -2.05. The van der Waals surface area contributed by atoms with Gasteiger partial charge in [-0.2, -0.15) is 13.2 Å². The number of hydrogen-bond acceptors (Lipinski definition) is 5. The average molecular weight is 356 g/mol. The summed E-state index contributed by atoms with van der Waals surface area (Å²) in [6.07, 6.45) is -4.62. The van der Waals surface area contributed by atoms with Gasteiger partial charge in [0.1, 0.15) is 0 Å². The molecular weight excluding hydrogens is 349 g/mol. The highest BCUT2D eigenvalue weighted by Crippen LogP contribution is 2.41. The second kappa shape index (κ2) is 5.82. The largest absolute Gasteiger partial charge is 0.416 e. The van der Waals surface area contributed by atoms with Crippen LogP contribution in [-0.2, 0) is 6.18 Å². The number of rotatable bonds is 3. The van der Waals surface area contributed by atoms with Crippen LogP contribution in [0.5, 0.6) is 0 Å². The molecule has 1 heterocycles. The van der Waals surface area contributed by atoms with Crippen LogP contribution < -0.4 is 0 Å². The molecule has 0 bridgehead atoms. The Morgan fingerprint density at radius 2 is 1.91 bits per heavy atom. The van der Waals surface area contributed by atoms with E-state index in [1.165, 1.54) is 11.3 Å². The van der Waals surface area contributed by atoms with Crippen molar-refractivity contribution in [1.82, 2.24) is 4.98 Å². The third-order valence-electron chi connectivity index (χ3n) is 2.95. The summed E-state index contributed by atoms with van der Waals surface area (Å²) in [5, 5.41) is 11.1. The number of nitro groups is 1. The molecule has 23 heavy (non-hydrogen) atoms. The predicted octanol–water partition coefficient (Wildman–Crippen LogP) is 5.37. The van der Waals surface area contributed by atoms with E-state index in [2.05, 4.69) is 4.98 Å². The van der Waals surface area contributed by atoms with Gasteiger partial charge in [-0.05, 0) is 24.3 Å². The second-order valence-electron chi connectivity index (χ2n) is 4.49. The van der Waals surface area contributed by atoms with Crippen LogP contribution in [0.1, 0.15) is 5.56 Å². The molecule has 0 amide bonds. The molecule has 0 saturated carbocycles. The van der Waals surface area contributed by atoms with E-state index < -0.39 is 22.4 Å². The van der Waals surface area contributed by atoms with Crippen molar-refractivity contribution in [3.8, 4) is 0 Å². The van der Waals surface area contributed by atoms with Crippen molar-refractivity contribution >= 4 is 39.0 Å². The number of thiazole rings is 1. The zero-order valence-electron chi connectivity index (χ0n) is 11.2. The van der Waals surface area contributed by atoms with Gasteiger partial charge in [0.15, 0.2) is 4.34 Å². The molecule has 2 aromatic carbocycles. The average Bonchev–Trinajstić information content (AvgIpc) is 2.88. The zero-order valence-corrected chi connectivity index (χ0v) is 12.8. The van der Waals surface area contributed by atoms with Gasteiger partial charge in [-0.3, -0.25) is 10.1 Å². The Morgan fingerprint density at radius 1 is 1.17 bits per heavy atom. The summed E-state index contributed by atoms with van der Waals surface area (Å²) >= 11 is 2.32. The smallest absolute Gasteiger partial charge is 0.258 e. The van der Waals surface area contributed by atoms with E-state index in [4.69, 9.17) is 0 Å². The van der Waals surface area contributed by atoms with Gasteiger partial charge >= 0.3 is 6.18 Å². The molecule has 0 aliphatic carbocycles. The minimum absolute atomic E-state index is 0.127. The molecule has 0 N–H and O–H groups in total. The summed E-state index contributed by atoms with van der Waals surface area (Å²) in [6, 6.07) is 9.82. The summed E-state index contributed by atoms with van der Waals surface area (Å²) in [4.78, 5) is 14.7. The lowest BCUT2D eigenvalue weighted by Gasteiger charge is -2.07. The van der Waals surface area contributed by atoms with Crippen molar-refractivity contribution in [1.29, 1.82) is 0 Å². The maximum Gasteiger partial charge on any atom is 0.416 e. The minimum Gasteiger partial charge on any atom is -0.258 e. The fourth-order valence-corrected chi connectivity index (χ4v) is 4.02. The van der Waals surface area contributed by atoms with Crippen molar-refractivity contribution in [3.05, 3.63) is 58.1 Å². The number of aromatic nitrogens is 1. The number of fused-ring (bicyclic) bond motifs is 1. The van der Waals surface area contributed by atoms with E-state index >= 15 is 0 Å². The first kappa shape index (κ1) is 15.8. The van der Waals surface area contributed by atoms with Crippen LogP contribution in [-0.4, -0.2) is 9.91 Å². The number of alkyl halides is 3. The molecule has 118 valence electrons. The van der Waals surface area contributed by atoms with Gasteiger partial charge in [0.2, 0.25) is 0 Å². The Balaban J connectivity index is 2.00. The van der Waals surface area contributed by atoms with Crippen LogP contribution in [0.4, 0.5) is 18.9 Å². The topological polar surface area (TPSA) is 56.0 Å². The van der Waals surface area contributed by atoms with Crippen molar-refractivity contribution in [3.63, 3.8) is 0 Å². The Bertz CT molecular complexity index is 860. The van der Waals surface area contributed by atoms with Gasteiger partial charge < -0.3 is 0 Å². The van der Waals surface area contributed by atoms with Crippen molar-refractivity contribution in [2.45, 2.75) is 15.4 Å². The monoisotopic (exact) mass is 356 g/mol. The highest BCUT2D eigenvalue weighted by Gasteiger charge is 2.33. The SMILES string of the molecule is O=[N+]([O-])c1cc(C(F)(F)F)ccc1Sc1nc2ccccc2s1. The van der Waals surface area contributed by atoms with Crippen LogP contribution in [0, 0.1) is 10.1 Å². The van der Waals surface area contributed by atoms with Crippen LogP contribution in [0.2, 0.25) is 0 Å². The summed E-state index contributed by atoms with van der Waals surface area (Å²) < 4.78 is 39.5. The van der Waals surface area contributed by atoms with E-state index in [1.807, 2.05) is 18.2 Å². The third kappa shape index (κ3) is 3.30. The molecule has 0 fully saturated rings. The molecule has 0 unspecified atom stereocenters. The lowest BCUT2D eigenvalue weighted by molar-refractivity contribution is -0.388. The van der Waals surface area contributed by atoms with Gasteiger partial charge in [-0.1, -0.05) is 23.9 Å². The molecule has 0 saturated heterocycles. The van der Waals surface area contributed by atoms with E-state index in [0.717, 1.165) is 34.1 Å². The standard InChI is InChI=1S/C14H7F3N2O2S2/c15-14(16,17)8-5-6-12(10(7-8)19(20)21)23-13-18-9-3-1-2-4-11(9)22-13/h1-7H. The Hall–Kier alpha value is -2.13. The molecule has 0 radical (unpaired) electrons. The number of benzene rings is 2. The van der Waals surface area contributed by atoms with E-state index in [9.17, 15) is 23.3 Å². The van der Waals surface area contributed by atoms with Crippen molar-refractivity contribution < 1.29 is 18.1 Å². The number of halogens is 3. The minimum atomic E-state index is -4.62. The molecule has 1 aromatic heterocycles. The van der Waals surface area contributed by atoms with Crippen molar-refractivity contribution in [2.24, 2.45) is 0 Å². The zero-order chi connectivity index (χ0) is 16.6. The number of nitro benzene ring substituents is 1. The Kier molecular flexibility index (Phi) is 3.99. The van der Waals surface area contributed by atoms with Crippen molar-refractivity contribution in [2.75, 3.05) is 0 Å². The molecule has 4 nitrogen and oxygen atoms in total. The molecule has 3 aromatic rings. The van der Waals surface area contributed by atoms with Crippen LogP contribution >= 0.6 is 23.1 Å². The van der Waals surface area contributed by atoms with E-state index in [1.54, 1.807) is 6.07 Å². The molecule has 3 rings (SSSR count). The lowest BCUT2D eigenvalue weighted by atomic mass is 10.2. The van der Waals surface area contributed by atoms with Gasteiger partial charge in [-0.25, -0.2) is 4.98 Å². The van der Waals surface area contributed by atoms with Gasteiger partial charge in [-0.15, -0.1) is 11.3 Å². The summed E-state index contributed by atoms with van der Waals surface area (Å²) in [6.45, 7) is 0. The summed E-state index contributed by atoms with van der Waals surface area (Å²) in [5.41, 5.74) is -0.878. The second-order valence-corrected chi connectivity index (χ2v) is 6.81. The highest BCUT2D eigenvalue weighted by molar-refractivity contribution is 8.01. The summed E-state index contributed by atoms with van der Waals surface area (Å²) in [5.74, 6) is 0. The highest BCUT2D eigenvalue weighted by atomic mass is 32.2. The summed E-state index contributed by atoms with van der Waals surface area (Å²) in [7, 11) is 0. The first-order valence-corrected chi connectivity index (χ1v) is 7.87. The molecule has 0 atom stereocenters. The van der Waals surface area contributed by atoms with E-state index in [-0.39, 0.29) is 4.90 Å². The van der Waals surface area contributed by atoms with Gasteiger partial charge in [0, 0.05) is 6.07 Å². The number of hydrogen-bond donors (Lipinski definition) is 0. The van der Waals surface area contributed by atoms with Crippen LogP contribution in [0.25, 0.3) is 10.2 Å². The number of para-hydroxylation sites is 1. The molecular formula is C14H7F3N2O2S2. The fourth-order valence-electron chi connectivity index (χ4n) is 1.91. The van der Waals surface area contributed by atoms with Gasteiger partial charge in [0.25, 0.3) is 5.69 Å². The Morgan fingerprint density at radius 3 is 2.57 bits per heavy atom. The number of nitrogens with zero attached hydrogens (tertiary/aromatic N) is 2. The van der Waals surface area contributed by atoms with E-state index in [0.29, 0.717) is 10.4 Å². The fraction of sp³-hybridized carbons (Fsp3) is 0.0714. The third-order valence-corrected chi connectivity index (χ3v) is 5.12. The first-order valence-electron chi connectivity index (χ1n) is 6.23. The van der Waals surface area contributed by atoms with Crippen LogP contribution in [0.15, 0.2) is 51.7 Å². The normalized spacial score (nSPS) is 11.8. The van der Waals surface area contributed by atoms with Gasteiger partial charge in [0.05, 0.1) is 25.6 Å². The molecule has 0 aliphatic rings. The Labute approximate surface area is 136 Å². The maximum absolute atomic E-state index is 12.7. The molecule has 9 heteroatoms. The first-order chi connectivity index (χ1) is 10.8. The quantitative estimate of drug-likeness (QED) is 0.467. The van der Waals surface area contributed by atoms with Crippen LogP contribution in [0.3, 0.4) is 0 Å².